The van der Waals surface area contributed by atoms with E-state index in [9.17, 15) is 4.79 Å². The van der Waals surface area contributed by atoms with Crippen molar-refractivity contribution in [1.82, 2.24) is 14.3 Å². The molecule has 0 bridgehead atoms. The molecule has 5 rings (SSSR count). The zero-order valence-electron chi connectivity index (χ0n) is 16.3. The Balaban J connectivity index is 1.28. The fourth-order valence-electron chi connectivity index (χ4n) is 4.60. The van der Waals surface area contributed by atoms with Gasteiger partial charge in [0.05, 0.1) is 5.69 Å². The van der Waals surface area contributed by atoms with Crippen molar-refractivity contribution in [3.8, 4) is 0 Å². The fourth-order valence-corrected chi connectivity index (χ4v) is 4.60. The molecule has 3 aromatic rings. The Labute approximate surface area is 165 Å². The zero-order chi connectivity index (χ0) is 19.1. The lowest BCUT2D eigenvalue weighted by molar-refractivity contribution is -0.136. The second-order valence-corrected chi connectivity index (χ2v) is 8.03. The van der Waals surface area contributed by atoms with Gasteiger partial charge in [-0.2, -0.15) is 0 Å². The molecular formula is C23H26N4O. The Morgan fingerprint density at radius 2 is 1.86 bits per heavy atom. The van der Waals surface area contributed by atoms with Gasteiger partial charge in [-0.3, -0.25) is 4.79 Å². The number of amides is 1. The maximum atomic E-state index is 13.2. The van der Waals surface area contributed by atoms with E-state index in [1.165, 1.54) is 22.6 Å². The number of rotatable bonds is 2. The van der Waals surface area contributed by atoms with Crippen molar-refractivity contribution >= 4 is 17.2 Å². The van der Waals surface area contributed by atoms with Crippen molar-refractivity contribution in [2.45, 2.75) is 26.2 Å². The minimum Gasteiger partial charge on any atom is -0.368 e. The highest BCUT2D eigenvalue weighted by molar-refractivity contribution is 5.80. The Hall–Kier alpha value is -2.82. The quantitative estimate of drug-likeness (QED) is 0.692. The smallest absolute Gasteiger partial charge is 0.226 e. The van der Waals surface area contributed by atoms with Gasteiger partial charge in [0.2, 0.25) is 5.91 Å². The maximum absolute atomic E-state index is 13.2. The molecule has 0 spiro atoms. The van der Waals surface area contributed by atoms with Gasteiger partial charge < -0.3 is 14.2 Å². The van der Waals surface area contributed by atoms with E-state index in [-0.39, 0.29) is 5.92 Å². The molecule has 0 N–H and O–H groups in total. The average Bonchev–Trinajstić information content (AvgIpc) is 3.10. The molecule has 1 aliphatic carbocycles. The summed E-state index contributed by atoms with van der Waals surface area (Å²) in [5.74, 6) is 0.400. The van der Waals surface area contributed by atoms with Gasteiger partial charge in [0.25, 0.3) is 0 Å². The van der Waals surface area contributed by atoms with E-state index in [1.54, 1.807) is 0 Å². The van der Waals surface area contributed by atoms with Gasteiger partial charge in [-0.05, 0) is 49.6 Å². The van der Waals surface area contributed by atoms with Crippen LogP contribution in [0.2, 0.25) is 0 Å². The van der Waals surface area contributed by atoms with E-state index < -0.39 is 0 Å². The number of hydrogen-bond acceptors (Lipinski definition) is 3. The lowest BCUT2D eigenvalue weighted by Gasteiger charge is -2.38. The largest absolute Gasteiger partial charge is 0.368 e. The van der Waals surface area contributed by atoms with Crippen LogP contribution in [-0.2, 0) is 17.6 Å². The monoisotopic (exact) mass is 374 g/mol. The lowest BCUT2D eigenvalue weighted by Crippen LogP contribution is -2.51. The Kier molecular flexibility index (Phi) is 4.30. The molecular weight excluding hydrogens is 348 g/mol. The second-order valence-electron chi connectivity index (χ2n) is 8.03. The van der Waals surface area contributed by atoms with E-state index in [4.69, 9.17) is 4.98 Å². The molecule has 1 aromatic carbocycles. The first-order valence-electron chi connectivity index (χ1n) is 10.2. The van der Waals surface area contributed by atoms with E-state index in [0.29, 0.717) is 5.91 Å². The molecule has 0 radical (unpaired) electrons. The summed E-state index contributed by atoms with van der Waals surface area (Å²) >= 11 is 0. The molecule has 3 heterocycles. The summed E-state index contributed by atoms with van der Waals surface area (Å²) in [6, 6.07) is 14.7. The number of anilines is 1. The van der Waals surface area contributed by atoms with Crippen LogP contribution in [0.15, 0.2) is 48.7 Å². The molecule has 28 heavy (non-hydrogen) atoms. The minimum absolute atomic E-state index is 0.0805. The van der Waals surface area contributed by atoms with Crippen LogP contribution in [-0.4, -0.2) is 46.4 Å². The summed E-state index contributed by atoms with van der Waals surface area (Å²) < 4.78 is 2.18. The third-order valence-electron chi connectivity index (χ3n) is 6.19. The van der Waals surface area contributed by atoms with Crippen LogP contribution in [0.3, 0.4) is 0 Å². The highest BCUT2D eigenvalue weighted by Gasteiger charge is 2.32. The number of para-hydroxylation sites is 1. The van der Waals surface area contributed by atoms with Crippen molar-refractivity contribution < 1.29 is 4.79 Å². The van der Waals surface area contributed by atoms with Gasteiger partial charge in [-0.1, -0.05) is 18.2 Å². The first kappa shape index (κ1) is 17.3. The minimum atomic E-state index is 0.0805. The normalized spacial score (nSPS) is 19.7. The van der Waals surface area contributed by atoms with Crippen molar-refractivity contribution in [1.29, 1.82) is 0 Å². The van der Waals surface area contributed by atoms with Crippen LogP contribution in [0, 0.1) is 12.8 Å². The van der Waals surface area contributed by atoms with Gasteiger partial charge in [0.1, 0.15) is 5.65 Å². The van der Waals surface area contributed by atoms with Crippen LogP contribution in [0.1, 0.15) is 23.4 Å². The topological polar surface area (TPSA) is 40.9 Å². The van der Waals surface area contributed by atoms with Gasteiger partial charge in [-0.15, -0.1) is 0 Å². The van der Waals surface area contributed by atoms with Crippen molar-refractivity contribution in [3.63, 3.8) is 0 Å². The maximum Gasteiger partial charge on any atom is 0.226 e. The number of benzene rings is 1. The molecule has 1 atom stereocenters. The molecule has 2 aromatic heterocycles. The molecule has 5 heteroatoms. The number of hydrogen-bond donors (Lipinski definition) is 0. The summed E-state index contributed by atoms with van der Waals surface area (Å²) in [4.78, 5) is 22.4. The zero-order valence-corrected chi connectivity index (χ0v) is 16.3. The Bertz CT molecular complexity index is 1000. The second kappa shape index (κ2) is 6.97. The summed E-state index contributed by atoms with van der Waals surface area (Å²) in [5, 5.41) is 0. The number of nitrogens with zero attached hydrogens (tertiary/aromatic N) is 4. The molecule has 1 fully saturated rings. The van der Waals surface area contributed by atoms with E-state index in [2.05, 4.69) is 63.7 Å². The first-order valence-corrected chi connectivity index (χ1v) is 10.2. The predicted molar refractivity (Wildman–Crippen MR) is 111 cm³/mol. The third-order valence-corrected chi connectivity index (χ3v) is 6.19. The van der Waals surface area contributed by atoms with E-state index in [1.807, 2.05) is 6.07 Å². The van der Waals surface area contributed by atoms with Crippen molar-refractivity contribution in [3.05, 3.63) is 65.6 Å². The van der Waals surface area contributed by atoms with Crippen LogP contribution in [0.4, 0.5) is 5.69 Å². The number of aryl methyl sites for hydroxylation is 2. The highest BCUT2D eigenvalue weighted by Crippen LogP contribution is 2.28. The summed E-state index contributed by atoms with van der Waals surface area (Å²) in [5.41, 5.74) is 5.87. The molecule has 2 aliphatic rings. The summed E-state index contributed by atoms with van der Waals surface area (Å²) in [6.07, 6.45) is 4.71. The van der Waals surface area contributed by atoms with Crippen LogP contribution < -0.4 is 4.90 Å². The third kappa shape index (κ3) is 3.05. The number of carbonyl (C=O) groups excluding carboxylic acids is 1. The molecule has 1 saturated heterocycles. The number of fused-ring (bicyclic) bond motifs is 3. The van der Waals surface area contributed by atoms with Gasteiger partial charge >= 0.3 is 0 Å². The molecule has 1 amide bonds. The molecule has 1 aliphatic heterocycles. The number of carbonyl (C=O) groups is 1. The van der Waals surface area contributed by atoms with Crippen LogP contribution in [0.5, 0.6) is 0 Å². The molecule has 5 nitrogen and oxygen atoms in total. The number of aromatic nitrogens is 2. The van der Waals surface area contributed by atoms with Crippen LogP contribution >= 0.6 is 0 Å². The van der Waals surface area contributed by atoms with Gasteiger partial charge in [0.15, 0.2) is 0 Å². The first-order chi connectivity index (χ1) is 13.7. The summed E-state index contributed by atoms with van der Waals surface area (Å²) in [7, 11) is 0. The van der Waals surface area contributed by atoms with Gasteiger partial charge in [0, 0.05) is 56.1 Å². The molecule has 1 unspecified atom stereocenters. The van der Waals surface area contributed by atoms with Crippen molar-refractivity contribution in [2.24, 2.45) is 5.92 Å². The summed E-state index contributed by atoms with van der Waals surface area (Å²) in [6.45, 7) is 5.52. The number of imidazole rings is 1. The lowest BCUT2D eigenvalue weighted by atomic mass is 9.88. The predicted octanol–water partition coefficient (Wildman–Crippen LogP) is 3.10. The molecule has 144 valence electrons. The Morgan fingerprint density at radius 3 is 2.64 bits per heavy atom. The standard InChI is InChI=1S/C23H26N4O/c1-17-9-10-27-21-16-18(7-8-20(21)24-22(27)15-17)23(28)26-13-11-25(12-14-26)19-5-3-2-4-6-19/h2-6,9-10,15,18H,7-8,11-14,16H2,1H3. The number of pyridine rings is 1. The highest BCUT2D eigenvalue weighted by atomic mass is 16.2. The Morgan fingerprint density at radius 1 is 1.07 bits per heavy atom. The van der Waals surface area contributed by atoms with E-state index >= 15 is 0 Å². The van der Waals surface area contributed by atoms with Crippen LogP contribution in [0.25, 0.3) is 5.65 Å². The van der Waals surface area contributed by atoms with E-state index in [0.717, 1.165) is 51.1 Å². The van der Waals surface area contributed by atoms with Crippen molar-refractivity contribution in [2.75, 3.05) is 31.1 Å². The fraction of sp³-hybridized carbons (Fsp3) is 0.391. The SMILES string of the molecule is Cc1ccn2c3c(nc2c1)CCC(C(=O)N1CCN(c2ccccc2)CC1)C3. The molecule has 0 saturated carbocycles. The average molecular weight is 374 g/mol. The number of piperazine rings is 1. The van der Waals surface area contributed by atoms with Gasteiger partial charge in [-0.25, -0.2) is 4.98 Å².